The Morgan fingerprint density at radius 3 is 2.44 bits per heavy atom. The monoisotopic (exact) mass is 482 g/mol. The molecular formula is C23H18N2O8S. The van der Waals surface area contributed by atoms with Crippen molar-refractivity contribution in [2.75, 3.05) is 6.79 Å². The molecule has 0 spiro atoms. The van der Waals surface area contributed by atoms with E-state index in [1.54, 1.807) is 13.0 Å². The van der Waals surface area contributed by atoms with Gasteiger partial charge in [0.15, 0.2) is 17.2 Å². The number of hydrogen-bond acceptors (Lipinski definition) is 8. The number of nitrogens with one attached hydrogen (secondary N) is 1. The number of carboxylic acids is 1. The van der Waals surface area contributed by atoms with Gasteiger partial charge in [-0.3, -0.25) is 4.79 Å². The number of carbonyl (C=O) groups excluding carboxylic acids is 1. The smallest absolute Gasteiger partial charge is 0.339 e. The van der Waals surface area contributed by atoms with Gasteiger partial charge in [-0.1, -0.05) is 24.3 Å². The summed E-state index contributed by atoms with van der Waals surface area (Å²) in [5, 5.41) is 12.8. The number of amides is 1. The molecule has 0 unspecified atom stereocenters. The lowest BCUT2D eigenvalue weighted by atomic mass is 10.1. The van der Waals surface area contributed by atoms with Crippen molar-refractivity contribution in [3.8, 4) is 17.2 Å². The molecule has 0 aromatic heterocycles. The minimum atomic E-state index is -4.30. The number of benzene rings is 3. The van der Waals surface area contributed by atoms with Crippen LogP contribution in [0.25, 0.3) is 0 Å². The molecule has 0 saturated carbocycles. The Balaban J connectivity index is 1.51. The highest BCUT2D eigenvalue weighted by atomic mass is 32.2. The molecule has 0 radical (unpaired) electrons. The van der Waals surface area contributed by atoms with Crippen molar-refractivity contribution in [3.05, 3.63) is 82.9 Å². The number of rotatable bonds is 7. The minimum Gasteiger partial charge on any atom is -0.478 e. The minimum absolute atomic E-state index is 0.00758. The average molecular weight is 482 g/mol. The molecule has 3 aromatic carbocycles. The van der Waals surface area contributed by atoms with Crippen molar-refractivity contribution in [1.82, 2.24) is 5.43 Å². The van der Waals surface area contributed by atoms with Crippen LogP contribution in [0.15, 0.2) is 70.7 Å². The molecular weight excluding hydrogens is 464 g/mol. The summed E-state index contributed by atoms with van der Waals surface area (Å²) in [5.41, 5.74) is 3.31. The van der Waals surface area contributed by atoms with E-state index in [0.717, 1.165) is 0 Å². The van der Waals surface area contributed by atoms with Gasteiger partial charge in [-0.05, 0) is 48.4 Å². The molecule has 0 aliphatic carbocycles. The Labute approximate surface area is 194 Å². The van der Waals surface area contributed by atoms with Crippen LogP contribution in [0, 0.1) is 6.92 Å². The summed E-state index contributed by atoms with van der Waals surface area (Å²) >= 11 is 0. The van der Waals surface area contributed by atoms with Crippen LogP contribution in [0.4, 0.5) is 0 Å². The highest BCUT2D eigenvalue weighted by molar-refractivity contribution is 7.87. The zero-order valence-corrected chi connectivity index (χ0v) is 18.5. The number of hydrogen-bond donors (Lipinski definition) is 2. The number of aromatic carboxylic acids is 1. The van der Waals surface area contributed by atoms with Crippen molar-refractivity contribution in [1.29, 1.82) is 0 Å². The third kappa shape index (κ3) is 4.84. The molecule has 1 heterocycles. The second-order valence-corrected chi connectivity index (χ2v) is 8.65. The maximum absolute atomic E-state index is 12.9. The number of para-hydroxylation sites is 1. The van der Waals surface area contributed by atoms with Gasteiger partial charge in [0.2, 0.25) is 6.79 Å². The lowest BCUT2D eigenvalue weighted by Gasteiger charge is -2.12. The number of hydrazone groups is 1. The van der Waals surface area contributed by atoms with Gasteiger partial charge in [0.05, 0.1) is 17.3 Å². The molecule has 1 amide bonds. The Bertz CT molecular complexity index is 1400. The second kappa shape index (κ2) is 9.24. The van der Waals surface area contributed by atoms with E-state index >= 15 is 0 Å². The number of carbonyl (C=O) groups is 2. The quantitative estimate of drug-likeness (QED) is 0.298. The predicted molar refractivity (Wildman–Crippen MR) is 120 cm³/mol. The maximum atomic E-state index is 12.9. The first-order valence-corrected chi connectivity index (χ1v) is 11.3. The highest BCUT2D eigenvalue weighted by Gasteiger charge is 2.26. The molecule has 10 nitrogen and oxygen atoms in total. The van der Waals surface area contributed by atoms with Crippen LogP contribution in [-0.4, -0.2) is 38.4 Å². The number of nitrogens with zero attached hydrogens (tertiary/aromatic N) is 1. The Kier molecular flexibility index (Phi) is 6.19. The first-order chi connectivity index (χ1) is 16.2. The van der Waals surface area contributed by atoms with Crippen LogP contribution in [-0.2, 0) is 10.1 Å². The van der Waals surface area contributed by atoms with Crippen LogP contribution >= 0.6 is 0 Å². The van der Waals surface area contributed by atoms with Gasteiger partial charge in [-0.2, -0.15) is 13.5 Å². The molecule has 0 bridgehead atoms. The van der Waals surface area contributed by atoms with Crippen LogP contribution in [0.5, 0.6) is 17.2 Å². The van der Waals surface area contributed by atoms with Crippen molar-refractivity contribution in [3.63, 3.8) is 0 Å². The third-order valence-electron chi connectivity index (χ3n) is 4.81. The first kappa shape index (κ1) is 22.8. The van der Waals surface area contributed by atoms with Gasteiger partial charge >= 0.3 is 16.1 Å². The van der Waals surface area contributed by atoms with Crippen molar-refractivity contribution in [2.45, 2.75) is 11.8 Å². The lowest BCUT2D eigenvalue weighted by molar-refractivity contribution is 0.0696. The molecule has 0 atom stereocenters. The van der Waals surface area contributed by atoms with E-state index in [0.29, 0.717) is 16.9 Å². The number of aryl methyl sites for hydroxylation is 1. The zero-order valence-electron chi connectivity index (χ0n) is 17.7. The summed E-state index contributed by atoms with van der Waals surface area (Å²) < 4.78 is 41.7. The van der Waals surface area contributed by atoms with Crippen molar-refractivity contribution < 1.29 is 36.8 Å². The van der Waals surface area contributed by atoms with Crippen LogP contribution in [0.2, 0.25) is 0 Å². The summed E-state index contributed by atoms with van der Waals surface area (Å²) in [5.74, 6) is -1.22. The van der Waals surface area contributed by atoms with Gasteiger partial charge in [0.25, 0.3) is 5.91 Å². The fourth-order valence-corrected chi connectivity index (χ4v) is 4.30. The topological polar surface area (TPSA) is 141 Å². The number of carboxylic acid groups (broad SMARTS) is 1. The van der Waals surface area contributed by atoms with Crippen LogP contribution in [0.3, 0.4) is 0 Å². The molecule has 3 aromatic rings. The molecule has 0 fully saturated rings. The third-order valence-corrected chi connectivity index (χ3v) is 6.19. The number of ether oxygens (including phenoxy) is 2. The zero-order chi connectivity index (χ0) is 24.3. The van der Waals surface area contributed by atoms with Crippen molar-refractivity contribution in [2.24, 2.45) is 5.10 Å². The standard InChI is InChI=1S/C23H18N2O8S/c1-14-10-19-20(32-13-31-19)11-21(14)34(29,30)33-18-5-3-2-4-17(18)22(26)25-24-12-15-6-8-16(9-7-15)23(27)28/h2-12H,13H2,1H3,(H,25,26)(H,27,28)/b24-12+. The van der Waals surface area contributed by atoms with Crippen molar-refractivity contribution >= 4 is 28.2 Å². The molecule has 4 rings (SSSR count). The summed E-state index contributed by atoms with van der Waals surface area (Å²) in [6, 6.07) is 14.5. The second-order valence-electron chi connectivity index (χ2n) is 7.13. The SMILES string of the molecule is Cc1cc2c(cc1S(=O)(=O)Oc1ccccc1C(=O)N/N=C/c1ccc(C(=O)O)cc1)OCO2. The van der Waals surface area contributed by atoms with Gasteiger partial charge in [-0.15, -0.1) is 0 Å². The van der Waals surface area contributed by atoms with E-state index in [9.17, 15) is 18.0 Å². The fourth-order valence-electron chi connectivity index (χ4n) is 3.12. The lowest BCUT2D eigenvalue weighted by Crippen LogP contribution is -2.20. The molecule has 2 N–H and O–H groups in total. The largest absolute Gasteiger partial charge is 0.478 e. The molecule has 0 saturated heterocycles. The van der Waals surface area contributed by atoms with Gasteiger partial charge < -0.3 is 18.8 Å². The van der Waals surface area contributed by atoms with E-state index in [1.165, 1.54) is 60.8 Å². The van der Waals surface area contributed by atoms with E-state index < -0.39 is 22.0 Å². The van der Waals surface area contributed by atoms with Gasteiger partial charge in [-0.25, -0.2) is 10.2 Å². The molecule has 1 aliphatic rings. The molecule has 174 valence electrons. The summed E-state index contributed by atoms with van der Waals surface area (Å²) in [4.78, 5) is 23.4. The fraction of sp³-hybridized carbons (Fsp3) is 0.0870. The van der Waals surface area contributed by atoms with E-state index in [4.69, 9.17) is 18.8 Å². The van der Waals surface area contributed by atoms with Crippen LogP contribution < -0.4 is 19.1 Å². The Hall–Kier alpha value is -4.38. The summed E-state index contributed by atoms with van der Waals surface area (Å²) in [6.07, 6.45) is 1.32. The number of fused-ring (bicyclic) bond motifs is 1. The van der Waals surface area contributed by atoms with Gasteiger partial charge in [0.1, 0.15) is 4.90 Å². The summed E-state index contributed by atoms with van der Waals surface area (Å²) in [6.45, 7) is 1.58. The van der Waals surface area contributed by atoms with E-state index in [-0.39, 0.29) is 34.3 Å². The van der Waals surface area contributed by atoms with E-state index in [2.05, 4.69) is 10.5 Å². The maximum Gasteiger partial charge on any atom is 0.339 e. The first-order valence-electron chi connectivity index (χ1n) is 9.85. The predicted octanol–water partition coefficient (Wildman–Crippen LogP) is 2.95. The molecule has 11 heteroatoms. The molecule has 1 aliphatic heterocycles. The Morgan fingerprint density at radius 1 is 1.06 bits per heavy atom. The van der Waals surface area contributed by atoms with Crippen LogP contribution in [0.1, 0.15) is 31.8 Å². The Morgan fingerprint density at radius 2 is 1.74 bits per heavy atom. The summed E-state index contributed by atoms with van der Waals surface area (Å²) in [7, 11) is -4.30. The highest BCUT2D eigenvalue weighted by Crippen LogP contribution is 2.37. The average Bonchev–Trinajstić information content (AvgIpc) is 3.26. The van der Waals surface area contributed by atoms with E-state index in [1.807, 2.05) is 0 Å². The van der Waals surface area contributed by atoms with Gasteiger partial charge in [0, 0.05) is 6.07 Å². The molecule has 34 heavy (non-hydrogen) atoms. The normalized spacial score (nSPS) is 12.5.